The monoisotopic (exact) mass is 301 g/mol. The number of carbonyl (C=O) groups is 1. The van der Waals surface area contributed by atoms with Crippen LogP contribution < -0.4 is 0 Å². The van der Waals surface area contributed by atoms with E-state index in [1.54, 1.807) is 37.1 Å². The number of carbonyl (C=O) groups excluding carboxylic acids is 1. The minimum Gasteiger partial charge on any atom is -0.391 e. The lowest BCUT2D eigenvalue weighted by Gasteiger charge is -2.21. The van der Waals surface area contributed by atoms with Crippen molar-refractivity contribution >= 4 is 5.91 Å². The number of benzene rings is 1. The Labute approximate surface area is 128 Å². The van der Waals surface area contributed by atoms with Crippen molar-refractivity contribution < 1.29 is 14.4 Å². The van der Waals surface area contributed by atoms with E-state index in [9.17, 15) is 9.90 Å². The smallest absolute Gasteiger partial charge is 0.258 e. The van der Waals surface area contributed by atoms with Gasteiger partial charge in [-0.15, -0.1) is 0 Å². The van der Waals surface area contributed by atoms with Gasteiger partial charge in [-0.05, 0) is 37.8 Å². The summed E-state index contributed by atoms with van der Waals surface area (Å²) in [5.74, 6) is 1.03. The molecule has 0 saturated heterocycles. The predicted molar refractivity (Wildman–Crippen MR) is 80.2 cm³/mol. The number of hydrogen-bond acceptors (Lipinski definition) is 5. The maximum atomic E-state index is 12.6. The molecule has 0 aliphatic heterocycles. The van der Waals surface area contributed by atoms with Crippen molar-refractivity contribution in [2.24, 2.45) is 5.92 Å². The molecule has 22 heavy (non-hydrogen) atoms. The maximum Gasteiger partial charge on any atom is 0.258 e. The van der Waals surface area contributed by atoms with Crippen LogP contribution in [0.3, 0.4) is 0 Å². The number of aliphatic hydroxyl groups excluding tert-OH is 1. The number of likely N-dealkylation sites (N-methyl/N-ethyl adjacent to an activating group) is 1. The highest BCUT2D eigenvalue weighted by molar-refractivity contribution is 5.99. The van der Waals surface area contributed by atoms with Gasteiger partial charge in [0.2, 0.25) is 0 Å². The molecule has 116 valence electrons. The van der Waals surface area contributed by atoms with Gasteiger partial charge in [0.05, 0.1) is 17.2 Å². The molecule has 1 heterocycles. The van der Waals surface area contributed by atoms with E-state index >= 15 is 0 Å². The normalized spacial score (nSPS) is 15.6. The lowest BCUT2D eigenvalue weighted by atomic mass is 10.1. The van der Waals surface area contributed by atoms with Crippen LogP contribution >= 0.6 is 0 Å². The SMILES string of the molecule is Cc1noc(-c2ccccc2C(=O)N(C)CC(O)C2CC2)n1. The summed E-state index contributed by atoms with van der Waals surface area (Å²) in [4.78, 5) is 18.4. The quantitative estimate of drug-likeness (QED) is 0.912. The predicted octanol–water partition coefficient (Wildman–Crippen LogP) is 1.89. The van der Waals surface area contributed by atoms with Gasteiger partial charge in [-0.25, -0.2) is 0 Å². The number of nitrogens with zero attached hydrogens (tertiary/aromatic N) is 3. The van der Waals surface area contributed by atoms with E-state index in [4.69, 9.17) is 4.52 Å². The molecule has 1 saturated carbocycles. The van der Waals surface area contributed by atoms with Crippen molar-refractivity contribution in [3.63, 3.8) is 0 Å². The molecule has 1 unspecified atom stereocenters. The van der Waals surface area contributed by atoms with Crippen molar-refractivity contribution in [2.75, 3.05) is 13.6 Å². The third-order valence-electron chi connectivity index (χ3n) is 3.89. The topological polar surface area (TPSA) is 79.5 Å². The molecule has 3 rings (SSSR count). The summed E-state index contributed by atoms with van der Waals surface area (Å²) in [5.41, 5.74) is 1.11. The molecule has 6 nitrogen and oxygen atoms in total. The van der Waals surface area contributed by atoms with Crippen LogP contribution in [-0.2, 0) is 0 Å². The molecule has 1 aliphatic carbocycles. The number of aryl methyl sites for hydroxylation is 1. The fourth-order valence-corrected chi connectivity index (χ4v) is 2.46. The second-order valence-electron chi connectivity index (χ2n) is 5.78. The van der Waals surface area contributed by atoms with E-state index in [0.717, 1.165) is 12.8 Å². The minimum absolute atomic E-state index is 0.161. The molecule has 1 N–H and O–H groups in total. The van der Waals surface area contributed by atoms with E-state index in [2.05, 4.69) is 10.1 Å². The summed E-state index contributed by atoms with van der Waals surface area (Å²) in [5, 5.41) is 13.8. The van der Waals surface area contributed by atoms with Gasteiger partial charge in [0.15, 0.2) is 5.82 Å². The molecular formula is C16H19N3O3. The molecule has 0 spiro atoms. The molecule has 6 heteroatoms. The Balaban J connectivity index is 1.82. The molecule has 1 aromatic carbocycles. The van der Waals surface area contributed by atoms with Crippen LogP contribution in [0.2, 0.25) is 0 Å². The molecule has 0 radical (unpaired) electrons. The average molecular weight is 301 g/mol. The first-order chi connectivity index (χ1) is 10.6. The summed E-state index contributed by atoms with van der Waals surface area (Å²) >= 11 is 0. The van der Waals surface area contributed by atoms with Gasteiger partial charge in [0.1, 0.15) is 0 Å². The number of rotatable bonds is 5. The molecule has 1 amide bonds. The Morgan fingerprint density at radius 3 is 2.82 bits per heavy atom. The van der Waals surface area contributed by atoms with Crippen LogP contribution in [0, 0.1) is 12.8 Å². The van der Waals surface area contributed by atoms with Crippen LogP contribution in [0.15, 0.2) is 28.8 Å². The van der Waals surface area contributed by atoms with Crippen molar-refractivity contribution in [1.29, 1.82) is 0 Å². The van der Waals surface area contributed by atoms with E-state index < -0.39 is 6.10 Å². The Hall–Kier alpha value is -2.21. The third-order valence-corrected chi connectivity index (χ3v) is 3.89. The summed E-state index contributed by atoms with van der Waals surface area (Å²) in [6, 6.07) is 7.14. The van der Waals surface area contributed by atoms with Gasteiger partial charge in [-0.1, -0.05) is 17.3 Å². The first kappa shape index (κ1) is 14.7. The fourth-order valence-electron chi connectivity index (χ4n) is 2.46. The van der Waals surface area contributed by atoms with E-state index in [-0.39, 0.29) is 5.91 Å². The lowest BCUT2D eigenvalue weighted by molar-refractivity contribution is 0.0646. The van der Waals surface area contributed by atoms with E-state index in [0.29, 0.717) is 35.3 Å². The van der Waals surface area contributed by atoms with Gasteiger partial charge in [0.25, 0.3) is 11.8 Å². The van der Waals surface area contributed by atoms with Crippen LogP contribution in [0.1, 0.15) is 29.0 Å². The number of aromatic nitrogens is 2. The third kappa shape index (κ3) is 3.01. The summed E-state index contributed by atoms with van der Waals surface area (Å²) in [7, 11) is 1.70. The van der Waals surface area contributed by atoms with E-state index in [1.807, 2.05) is 6.07 Å². The van der Waals surface area contributed by atoms with Crippen molar-refractivity contribution in [3.05, 3.63) is 35.7 Å². The molecule has 1 aliphatic rings. The molecule has 1 aromatic heterocycles. The van der Waals surface area contributed by atoms with Crippen molar-refractivity contribution in [1.82, 2.24) is 15.0 Å². The standard InChI is InChI=1S/C16H19N3O3/c1-10-17-15(22-18-10)12-5-3-4-6-13(12)16(21)19(2)9-14(20)11-7-8-11/h3-6,11,14,20H,7-9H2,1-2H3. The summed E-state index contributed by atoms with van der Waals surface area (Å²) in [6.45, 7) is 2.07. The maximum absolute atomic E-state index is 12.6. The Bertz CT molecular complexity index is 679. The van der Waals surface area contributed by atoms with Crippen LogP contribution in [0.5, 0.6) is 0 Å². The van der Waals surface area contributed by atoms with E-state index in [1.165, 1.54) is 0 Å². The zero-order valence-corrected chi connectivity index (χ0v) is 12.7. The summed E-state index contributed by atoms with van der Waals surface area (Å²) in [6.07, 6.45) is 1.63. The Morgan fingerprint density at radius 1 is 1.45 bits per heavy atom. The number of aliphatic hydroxyl groups is 1. The zero-order valence-electron chi connectivity index (χ0n) is 12.7. The van der Waals surface area contributed by atoms with Gasteiger partial charge in [0, 0.05) is 13.6 Å². The molecule has 0 bridgehead atoms. The zero-order chi connectivity index (χ0) is 15.7. The minimum atomic E-state index is -0.452. The first-order valence-electron chi connectivity index (χ1n) is 7.39. The second-order valence-corrected chi connectivity index (χ2v) is 5.78. The molecular weight excluding hydrogens is 282 g/mol. The molecule has 2 aromatic rings. The summed E-state index contributed by atoms with van der Waals surface area (Å²) < 4.78 is 5.17. The van der Waals surface area contributed by atoms with Gasteiger partial charge < -0.3 is 14.5 Å². The van der Waals surface area contributed by atoms with Gasteiger partial charge >= 0.3 is 0 Å². The lowest BCUT2D eigenvalue weighted by Crippen LogP contribution is -2.35. The second kappa shape index (κ2) is 5.88. The Kier molecular flexibility index (Phi) is 3.94. The van der Waals surface area contributed by atoms with Gasteiger partial charge in [-0.2, -0.15) is 4.98 Å². The number of hydrogen-bond donors (Lipinski definition) is 1. The van der Waals surface area contributed by atoms with Crippen LogP contribution in [0.25, 0.3) is 11.5 Å². The highest BCUT2D eigenvalue weighted by Gasteiger charge is 2.31. The molecule has 1 fully saturated rings. The highest BCUT2D eigenvalue weighted by atomic mass is 16.5. The average Bonchev–Trinajstić information content (AvgIpc) is 3.28. The van der Waals surface area contributed by atoms with Crippen molar-refractivity contribution in [2.45, 2.75) is 25.9 Å². The Morgan fingerprint density at radius 2 is 2.18 bits per heavy atom. The highest BCUT2D eigenvalue weighted by Crippen LogP contribution is 2.33. The van der Waals surface area contributed by atoms with Crippen molar-refractivity contribution in [3.8, 4) is 11.5 Å². The first-order valence-corrected chi connectivity index (χ1v) is 7.39. The van der Waals surface area contributed by atoms with Gasteiger partial charge in [-0.3, -0.25) is 4.79 Å². The van der Waals surface area contributed by atoms with Crippen LogP contribution in [0.4, 0.5) is 0 Å². The fraction of sp³-hybridized carbons (Fsp3) is 0.438. The van der Waals surface area contributed by atoms with Crippen LogP contribution in [-0.4, -0.2) is 45.8 Å². The number of amides is 1. The molecule has 1 atom stereocenters. The largest absolute Gasteiger partial charge is 0.391 e.